The zero-order valence-corrected chi connectivity index (χ0v) is 9.32. The lowest BCUT2D eigenvalue weighted by Crippen LogP contribution is -2.27. The van der Waals surface area contributed by atoms with Gasteiger partial charge in [0, 0.05) is 12.2 Å². The molecule has 1 N–H and O–H groups in total. The second kappa shape index (κ2) is 5.21. The third-order valence-corrected chi connectivity index (χ3v) is 3.40. The molecule has 3 heteroatoms. The summed E-state index contributed by atoms with van der Waals surface area (Å²) in [6.45, 7) is 0. The van der Waals surface area contributed by atoms with Crippen molar-refractivity contribution in [3.05, 3.63) is 24.0 Å². The van der Waals surface area contributed by atoms with Crippen LogP contribution < -0.4 is 5.32 Å². The van der Waals surface area contributed by atoms with Crippen LogP contribution in [-0.2, 0) is 0 Å². The minimum atomic E-state index is 0.459. The molecule has 1 saturated carbocycles. The monoisotopic (exact) mass is 205 g/mol. The van der Waals surface area contributed by atoms with E-state index < -0.39 is 0 Å². The number of nitrogens with one attached hydrogen (secondary N) is 1. The molecule has 1 aromatic rings. The van der Waals surface area contributed by atoms with Gasteiger partial charge in [-0.05, 0) is 37.4 Å². The van der Waals surface area contributed by atoms with Gasteiger partial charge in [0.25, 0.3) is 0 Å². The van der Waals surface area contributed by atoms with E-state index in [2.05, 4.69) is 21.6 Å². The lowest BCUT2D eigenvalue weighted by atomic mass is 9.81. The second-order valence-electron chi connectivity index (χ2n) is 4.34. The minimum Gasteiger partial charge on any atom is -0.313 e. The molecule has 0 amide bonds. The zero-order valence-electron chi connectivity index (χ0n) is 9.32. The first kappa shape index (κ1) is 10.6. The standard InChI is InChI=1S/C12H19N3/c1-13-12(10-5-3-2-4-6-10)11-7-8-14-15-9-11/h7-10,12-13H,2-6H2,1H3. The number of hydrogen-bond donors (Lipinski definition) is 1. The van der Waals surface area contributed by atoms with Gasteiger partial charge in [0.05, 0.1) is 6.20 Å². The summed E-state index contributed by atoms with van der Waals surface area (Å²) in [7, 11) is 2.04. The quantitative estimate of drug-likeness (QED) is 0.823. The molecule has 3 nitrogen and oxygen atoms in total. The molecule has 1 aliphatic carbocycles. The maximum Gasteiger partial charge on any atom is 0.0544 e. The number of hydrogen-bond acceptors (Lipinski definition) is 3. The fourth-order valence-corrected chi connectivity index (χ4v) is 2.63. The van der Waals surface area contributed by atoms with Gasteiger partial charge >= 0.3 is 0 Å². The average Bonchev–Trinajstić information content (AvgIpc) is 2.33. The third-order valence-electron chi connectivity index (χ3n) is 3.40. The van der Waals surface area contributed by atoms with Gasteiger partial charge in [0.1, 0.15) is 0 Å². The summed E-state index contributed by atoms with van der Waals surface area (Å²) in [5.74, 6) is 0.771. The maximum atomic E-state index is 3.96. The topological polar surface area (TPSA) is 37.8 Å². The van der Waals surface area contributed by atoms with E-state index in [-0.39, 0.29) is 0 Å². The summed E-state index contributed by atoms with van der Waals surface area (Å²) in [5.41, 5.74) is 1.28. The van der Waals surface area contributed by atoms with Crippen molar-refractivity contribution in [2.45, 2.75) is 38.1 Å². The normalized spacial score (nSPS) is 20.1. The number of rotatable bonds is 3. The van der Waals surface area contributed by atoms with Gasteiger partial charge in [-0.1, -0.05) is 19.3 Å². The van der Waals surface area contributed by atoms with Crippen molar-refractivity contribution in [2.75, 3.05) is 7.05 Å². The van der Waals surface area contributed by atoms with Gasteiger partial charge in [-0.15, -0.1) is 0 Å². The highest BCUT2D eigenvalue weighted by Crippen LogP contribution is 2.33. The summed E-state index contributed by atoms with van der Waals surface area (Å²) in [5, 5.41) is 11.2. The van der Waals surface area contributed by atoms with Crippen LogP contribution in [0.1, 0.15) is 43.7 Å². The predicted molar refractivity (Wildman–Crippen MR) is 60.4 cm³/mol. The third kappa shape index (κ3) is 2.53. The first-order valence-corrected chi connectivity index (χ1v) is 5.85. The Morgan fingerprint density at radius 2 is 2.07 bits per heavy atom. The van der Waals surface area contributed by atoms with Crippen molar-refractivity contribution in [2.24, 2.45) is 5.92 Å². The molecule has 1 aliphatic rings. The Labute approximate surface area is 91.3 Å². The molecule has 1 heterocycles. The first-order valence-electron chi connectivity index (χ1n) is 5.85. The molecule has 0 radical (unpaired) electrons. The molecular weight excluding hydrogens is 186 g/mol. The first-order chi connectivity index (χ1) is 7.42. The Balaban J connectivity index is 2.09. The number of nitrogens with zero attached hydrogens (tertiary/aromatic N) is 2. The van der Waals surface area contributed by atoms with E-state index in [1.54, 1.807) is 6.20 Å². The second-order valence-corrected chi connectivity index (χ2v) is 4.34. The summed E-state index contributed by atoms with van der Waals surface area (Å²) in [6, 6.07) is 2.53. The molecule has 0 aromatic carbocycles. The molecule has 2 rings (SSSR count). The SMILES string of the molecule is CNC(c1ccnnc1)C1CCCCC1. The van der Waals surface area contributed by atoms with Crippen LogP contribution in [0.3, 0.4) is 0 Å². The van der Waals surface area contributed by atoms with E-state index in [4.69, 9.17) is 0 Å². The van der Waals surface area contributed by atoms with Crippen LogP contribution in [0.5, 0.6) is 0 Å². The lowest BCUT2D eigenvalue weighted by Gasteiger charge is -2.30. The highest BCUT2D eigenvalue weighted by Gasteiger charge is 2.23. The smallest absolute Gasteiger partial charge is 0.0544 e. The summed E-state index contributed by atoms with van der Waals surface area (Å²) in [4.78, 5) is 0. The molecule has 0 saturated heterocycles. The maximum absolute atomic E-state index is 3.96. The highest BCUT2D eigenvalue weighted by atomic mass is 15.1. The molecule has 0 spiro atoms. The highest BCUT2D eigenvalue weighted by molar-refractivity contribution is 5.12. The molecule has 82 valence electrons. The Morgan fingerprint density at radius 1 is 1.27 bits per heavy atom. The van der Waals surface area contributed by atoms with Crippen LogP contribution in [-0.4, -0.2) is 17.2 Å². The largest absolute Gasteiger partial charge is 0.313 e. The van der Waals surface area contributed by atoms with Gasteiger partial charge in [-0.2, -0.15) is 10.2 Å². The van der Waals surface area contributed by atoms with E-state index in [1.165, 1.54) is 37.7 Å². The zero-order chi connectivity index (χ0) is 10.5. The van der Waals surface area contributed by atoms with Crippen molar-refractivity contribution >= 4 is 0 Å². The summed E-state index contributed by atoms with van der Waals surface area (Å²) in [6.07, 6.45) is 10.5. The van der Waals surface area contributed by atoms with E-state index in [9.17, 15) is 0 Å². The van der Waals surface area contributed by atoms with E-state index in [1.807, 2.05) is 13.2 Å². The fraction of sp³-hybridized carbons (Fsp3) is 0.667. The molecule has 1 atom stereocenters. The molecular formula is C12H19N3. The Morgan fingerprint density at radius 3 is 2.67 bits per heavy atom. The Kier molecular flexibility index (Phi) is 3.67. The molecule has 15 heavy (non-hydrogen) atoms. The van der Waals surface area contributed by atoms with Crippen molar-refractivity contribution < 1.29 is 0 Å². The fourth-order valence-electron chi connectivity index (χ4n) is 2.63. The van der Waals surface area contributed by atoms with Gasteiger partial charge in [-0.25, -0.2) is 0 Å². The molecule has 1 unspecified atom stereocenters. The molecule has 1 aromatic heterocycles. The van der Waals surface area contributed by atoms with E-state index in [0.717, 1.165) is 5.92 Å². The van der Waals surface area contributed by atoms with Crippen LogP contribution in [0.15, 0.2) is 18.5 Å². The summed E-state index contributed by atoms with van der Waals surface area (Å²) >= 11 is 0. The van der Waals surface area contributed by atoms with E-state index in [0.29, 0.717) is 6.04 Å². The van der Waals surface area contributed by atoms with Crippen molar-refractivity contribution in [1.82, 2.24) is 15.5 Å². The van der Waals surface area contributed by atoms with Crippen LogP contribution in [0.25, 0.3) is 0 Å². The van der Waals surface area contributed by atoms with Crippen LogP contribution in [0.4, 0.5) is 0 Å². The lowest BCUT2D eigenvalue weighted by molar-refractivity contribution is 0.281. The molecule has 0 aliphatic heterocycles. The summed E-state index contributed by atoms with van der Waals surface area (Å²) < 4.78 is 0. The van der Waals surface area contributed by atoms with Gasteiger partial charge in [0.2, 0.25) is 0 Å². The van der Waals surface area contributed by atoms with Crippen molar-refractivity contribution in [3.8, 4) is 0 Å². The Hall–Kier alpha value is -0.960. The van der Waals surface area contributed by atoms with Crippen molar-refractivity contribution in [1.29, 1.82) is 0 Å². The van der Waals surface area contributed by atoms with Crippen LogP contribution in [0.2, 0.25) is 0 Å². The Bertz CT molecular complexity index is 280. The molecule has 0 bridgehead atoms. The predicted octanol–water partition coefficient (Wildman–Crippen LogP) is 2.32. The molecule has 1 fully saturated rings. The number of aromatic nitrogens is 2. The minimum absolute atomic E-state index is 0.459. The van der Waals surface area contributed by atoms with Crippen molar-refractivity contribution in [3.63, 3.8) is 0 Å². The van der Waals surface area contributed by atoms with Gasteiger partial charge < -0.3 is 5.32 Å². The van der Waals surface area contributed by atoms with Crippen LogP contribution in [0, 0.1) is 5.92 Å². The van der Waals surface area contributed by atoms with Crippen LogP contribution >= 0.6 is 0 Å². The van der Waals surface area contributed by atoms with Gasteiger partial charge in [-0.3, -0.25) is 0 Å². The average molecular weight is 205 g/mol. The van der Waals surface area contributed by atoms with E-state index >= 15 is 0 Å². The van der Waals surface area contributed by atoms with Gasteiger partial charge in [0.15, 0.2) is 0 Å².